The fraction of sp³-hybridized carbons (Fsp3) is 0.739. The number of amides is 5. The van der Waals surface area contributed by atoms with Gasteiger partial charge in [-0.15, -0.1) is 0 Å². The maximum atomic E-state index is 13.1. The highest BCUT2D eigenvalue weighted by atomic mass is 16.4. The van der Waals surface area contributed by atoms with Gasteiger partial charge in [0.2, 0.25) is 17.7 Å². The fourth-order valence-corrected chi connectivity index (χ4v) is 4.42. The number of aliphatic hydroxyl groups excluding tert-OH is 2. The predicted octanol–water partition coefficient (Wildman–Crippen LogP) is -3.47. The number of hydrogen-bond acceptors (Lipinski definition) is 10. The minimum atomic E-state index is -1.24. The lowest BCUT2D eigenvalue weighted by molar-refractivity contribution is -0.143. The lowest BCUT2D eigenvalue weighted by atomic mass is 9.93. The van der Waals surface area contributed by atoms with Crippen LogP contribution in [0.1, 0.15) is 47.0 Å². The molecule has 220 valence electrons. The molecule has 0 aromatic carbocycles. The second-order valence-electron chi connectivity index (χ2n) is 10.3. The van der Waals surface area contributed by atoms with E-state index in [0.717, 1.165) is 4.90 Å². The molecular formula is C23H40N8O8. The van der Waals surface area contributed by atoms with Crippen molar-refractivity contribution < 1.29 is 39.3 Å². The summed E-state index contributed by atoms with van der Waals surface area (Å²) in [6, 6.07) is -5.99. The topological polar surface area (TPSA) is 262 Å². The highest BCUT2D eigenvalue weighted by molar-refractivity contribution is 5.96. The van der Waals surface area contributed by atoms with Crippen LogP contribution in [0.15, 0.2) is 4.99 Å². The molecular weight excluding hydrogens is 516 g/mol. The van der Waals surface area contributed by atoms with E-state index < -0.39 is 72.3 Å². The van der Waals surface area contributed by atoms with Gasteiger partial charge >= 0.3 is 12.0 Å². The van der Waals surface area contributed by atoms with E-state index in [2.05, 4.69) is 26.3 Å². The van der Waals surface area contributed by atoms with Crippen LogP contribution in [0.3, 0.4) is 0 Å². The second kappa shape index (κ2) is 13.5. The third kappa shape index (κ3) is 8.49. The summed E-state index contributed by atoms with van der Waals surface area (Å²) in [6.07, 6.45) is -2.37. The predicted molar refractivity (Wildman–Crippen MR) is 138 cm³/mol. The smallest absolute Gasteiger partial charge is 0.326 e. The molecule has 2 aliphatic heterocycles. The largest absolute Gasteiger partial charge is 0.480 e. The Morgan fingerprint density at radius 2 is 1.79 bits per heavy atom. The van der Waals surface area contributed by atoms with Crippen molar-refractivity contribution in [2.75, 3.05) is 6.54 Å². The third-order valence-electron chi connectivity index (χ3n) is 6.80. The summed E-state index contributed by atoms with van der Waals surface area (Å²) >= 11 is 0. The quantitative estimate of drug-likeness (QED) is 0.115. The van der Waals surface area contributed by atoms with Gasteiger partial charge in [0.15, 0.2) is 5.96 Å². The molecule has 39 heavy (non-hydrogen) atoms. The van der Waals surface area contributed by atoms with Gasteiger partial charge in [0.05, 0.1) is 36.9 Å². The van der Waals surface area contributed by atoms with Crippen molar-refractivity contribution in [1.29, 1.82) is 0 Å². The Kier molecular flexibility index (Phi) is 11.0. The number of hydrogen-bond donors (Lipinski definition) is 9. The number of aliphatic carboxylic acids is 1. The number of primary amides is 1. The number of piperazine rings is 1. The molecule has 2 heterocycles. The Hall–Kier alpha value is -3.50. The van der Waals surface area contributed by atoms with E-state index in [0.29, 0.717) is 0 Å². The number of nitrogens with zero attached hydrogens (tertiary/aromatic N) is 2. The molecule has 2 aliphatic rings. The van der Waals surface area contributed by atoms with E-state index in [1.165, 1.54) is 6.92 Å². The molecule has 2 rings (SSSR count). The van der Waals surface area contributed by atoms with Crippen LogP contribution in [-0.4, -0.2) is 111 Å². The van der Waals surface area contributed by atoms with Crippen molar-refractivity contribution in [3.63, 3.8) is 0 Å². The second-order valence-corrected chi connectivity index (χ2v) is 10.3. The van der Waals surface area contributed by atoms with Crippen molar-refractivity contribution in [3.05, 3.63) is 0 Å². The number of carbonyl (C=O) groups is 5. The van der Waals surface area contributed by atoms with Crippen molar-refractivity contribution in [2.24, 2.45) is 22.4 Å². The SMILES string of the molecule is CC(C)[C@H](NC(=O)[C@H](C)NC(=O)[C@H]1N[C@@H](C)C(=O)N[C@H]1CC[C@@H](O)[C@@H](O)C[C@@H]1CN(C(N)=O)C(N)=N1)C(=O)O. The number of carbonyl (C=O) groups excluding carboxylic acids is 4. The molecule has 1 fully saturated rings. The van der Waals surface area contributed by atoms with E-state index in [9.17, 15) is 39.3 Å². The summed E-state index contributed by atoms with van der Waals surface area (Å²) in [6.45, 7) is 6.32. The monoisotopic (exact) mass is 556 g/mol. The van der Waals surface area contributed by atoms with Gasteiger partial charge in [0, 0.05) is 6.42 Å². The zero-order valence-corrected chi connectivity index (χ0v) is 22.5. The fourth-order valence-electron chi connectivity index (χ4n) is 4.42. The van der Waals surface area contributed by atoms with Gasteiger partial charge < -0.3 is 42.7 Å². The van der Waals surface area contributed by atoms with Crippen molar-refractivity contribution in [2.45, 2.75) is 95.4 Å². The van der Waals surface area contributed by atoms with Crippen LogP contribution in [-0.2, 0) is 19.2 Å². The van der Waals surface area contributed by atoms with E-state index in [1.54, 1.807) is 20.8 Å². The summed E-state index contributed by atoms with van der Waals surface area (Å²) in [7, 11) is 0. The molecule has 0 spiro atoms. The van der Waals surface area contributed by atoms with E-state index in [4.69, 9.17) is 11.5 Å². The highest BCUT2D eigenvalue weighted by Crippen LogP contribution is 2.18. The molecule has 0 bridgehead atoms. The molecule has 16 nitrogen and oxygen atoms in total. The van der Waals surface area contributed by atoms with Gasteiger partial charge in [-0.2, -0.15) is 0 Å². The number of guanidine groups is 1. The van der Waals surface area contributed by atoms with Crippen molar-refractivity contribution in [3.8, 4) is 0 Å². The molecule has 8 atom stereocenters. The van der Waals surface area contributed by atoms with Crippen LogP contribution < -0.4 is 32.7 Å². The minimum Gasteiger partial charge on any atom is -0.480 e. The highest BCUT2D eigenvalue weighted by Gasteiger charge is 2.39. The Labute approximate surface area is 225 Å². The number of nitrogens with two attached hydrogens (primary N) is 2. The number of aliphatic hydroxyl groups is 2. The van der Waals surface area contributed by atoms with Crippen LogP contribution >= 0.6 is 0 Å². The van der Waals surface area contributed by atoms with Crippen LogP contribution in [0.2, 0.25) is 0 Å². The molecule has 0 saturated carbocycles. The molecule has 0 aliphatic carbocycles. The molecule has 0 aromatic heterocycles. The van der Waals surface area contributed by atoms with Crippen molar-refractivity contribution in [1.82, 2.24) is 26.2 Å². The van der Waals surface area contributed by atoms with Crippen LogP contribution in [0, 0.1) is 5.92 Å². The molecule has 0 unspecified atom stereocenters. The number of nitrogens with one attached hydrogen (secondary N) is 4. The van der Waals surface area contributed by atoms with Crippen LogP contribution in [0.25, 0.3) is 0 Å². The van der Waals surface area contributed by atoms with Crippen molar-refractivity contribution >= 4 is 35.7 Å². The van der Waals surface area contributed by atoms with E-state index in [1.807, 2.05) is 0 Å². The van der Waals surface area contributed by atoms with Crippen LogP contribution in [0.4, 0.5) is 4.79 Å². The first-order valence-electron chi connectivity index (χ1n) is 12.8. The maximum Gasteiger partial charge on any atom is 0.326 e. The zero-order valence-electron chi connectivity index (χ0n) is 22.5. The molecule has 1 saturated heterocycles. The molecule has 0 radical (unpaired) electrons. The minimum absolute atomic E-state index is 0.00211. The van der Waals surface area contributed by atoms with Crippen LogP contribution in [0.5, 0.6) is 0 Å². The summed E-state index contributed by atoms with van der Waals surface area (Å²) in [5, 5.41) is 40.8. The average molecular weight is 557 g/mol. The van der Waals surface area contributed by atoms with Gasteiger partial charge in [-0.05, 0) is 32.6 Å². The Morgan fingerprint density at radius 3 is 2.33 bits per heavy atom. The maximum absolute atomic E-state index is 13.1. The van der Waals surface area contributed by atoms with Gasteiger partial charge in [-0.25, -0.2) is 14.6 Å². The third-order valence-corrected chi connectivity index (χ3v) is 6.80. The standard InChI is InChI=1S/C23H40N8O8/c1-9(2)16(21(37)38)30-19(35)11(4)27-20(36)17-13(29-18(34)10(3)26-17)5-6-14(32)15(33)7-12-8-31(23(25)39)22(24)28-12/h9-17,26,32-33H,5-8H2,1-4H3,(H2,24,28)(H2,25,39)(H,27,36)(H,29,34)(H,30,35)(H,37,38)/t10-,11-,12+,13-,14+,15-,16-,17-/m0/s1. The summed E-state index contributed by atoms with van der Waals surface area (Å²) in [4.78, 5) is 65.7. The summed E-state index contributed by atoms with van der Waals surface area (Å²) < 4.78 is 0. The Morgan fingerprint density at radius 1 is 1.15 bits per heavy atom. The number of aliphatic imine (C=N–C) groups is 1. The zero-order chi connectivity index (χ0) is 29.6. The Balaban J connectivity index is 1.97. The Bertz CT molecular complexity index is 976. The lowest BCUT2D eigenvalue weighted by Crippen LogP contribution is -2.68. The molecule has 0 aromatic rings. The molecule has 11 N–H and O–H groups in total. The number of carboxylic acids is 1. The van der Waals surface area contributed by atoms with E-state index in [-0.39, 0.29) is 43.6 Å². The summed E-state index contributed by atoms with van der Waals surface area (Å²) in [5.74, 6) is -3.30. The average Bonchev–Trinajstić information content (AvgIpc) is 3.21. The first kappa shape index (κ1) is 31.7. The number of urea groups is 1. The first-order chi connectivity index (χ1) is 18.1. The van der Waals surface area contributed by atoms with Gasteiger partial charge in [-0.1, -0.05) is 13.8 Å². The van der Waals surface area contributed by atoms with Gasteiger partial charge in [0.1, 0.15) is 18.1 Å². The number of carboxylic acid groups (broad SMARTS) is 1. The molecule has 16 heteroatoms. The lowest BCUT2D eigenvalue weighted by Gasteiger charge is -2.36. The van der Waals surface area contributed by atoms with Gasteiger partial charge in [-0.3, -0.25) is 24.6 Å². The summed E-state index contributed by atoms with van der Waals surface area (Å²) in [5.41, 5.74) is 10.9. The number of rotatable bonds is 12. The van der Waals surface area contributed by atoms with Gasteiger partial charge in [0.25, 0.3) is 0 Å². The molecule has 5 amide bonds. The first-order valence-corrected chi connectivity index (χ1v) is 12.8. The van der Waals surface area contributed by atoms with E-state index >= 15 is 0 Å². The normalized spacial score (nSPS) is 26.2.